The Kier molecular flexibility index (Phi) is 14.0. The summed E-state index contributed by atoms with van der Waals surface area (Å²) in [5.41, 5.74) is 11.5. The molecular weight excluding hydrogens is 244 g/mol. The summed E-state index contributed by atoms with van der Waals surface area (Å²) < 4.78 is 0. The van der Waals surface area contributed by atoms with Gasteiger partial charge >= 0.3 is 0 Å². The molecule has 0 aromatic carbocycles. The van der Waals surface area contributed by atoms with Crippen LogP contribution in [0.25, 0.3) is 0 Å². The summed E-state index contributed by atoms with van der Waals surface area (Å²) in [6.45, 7) is 7.39. The molecule has 2 nitrogen and oxygen atoms in total. The van der Waals surface area contributed by atoms with Crippen molar-refractivity contribution in [2.24, 2.45) is 17.4 Å². The zero-order chi connectivity index (χ0) is 13.1. The van der Waals surface area contributed by atoms with E-state index in [-0.39, 0.29) is 17.9 Å². The number of hydrogen-bond acceptors (Lipinski definition) is 2. The highest BCUT2D eigenvalue weighted by Gasteiger charge is 2.19. The number of halogens is 1. The maximum absolute atomic E-state index is 6.08. The summed E-state index contributed by atoms with van der Waals surface area (Å²) in [5.74, 6) is 0.632. The molecule has 3 heteroatoms. The molecule has 0 aliphatic rings. The molecule has 0 bridgehead atoms. The predicted molar refractivity (Wildman–Crippen MR) is 85.3 cm³/mol. The summed E-state index contributed by atoms with van der Waals surface area (Å²) in [6, 6.07) is 0. The van der Waals surface area contributed by atoms with Gasteiger partial charge in [-0.2, -0.15) is 0 Å². The first-order valence-electron chi connectivity index (χ1n) is 7.47. The highest BCUT2D eigenvalue weighted by molar-refractivity contribution is 5.85. The van der Waals surface area contributed by atoms with E-state index >= 15 is 0 Å². The summed E-state index contributed by atoms with van der Waals surface area (Å²) in [7, 11) is 0. The number of rotatable bonds is 11. The Balaban J connectivity index is 0. The summed E-state index contributed by atoms with van der Waals surface area (Å²) in [4.78, 5) is 0. The fourth-order valence-corrected chi connectivity index (χ4v) is 2.03. The second-order valence-corrected chi connectivity index (χ2v) is 6.13. The number of hydrogen-bond donors (Lipinski definition) is 2. The Labute approximate surface area is 121 Å². The fraction of sp³-hybridized carbons (Fsp3) is 1.00. The first-order valence-corrected chi connectivity index (χ1v) is 7.47. The van der Waals surface area contributed by atoms with Crippen molar-refractivity contribution in [1.29, 1.82) is 0 Å². The molecule has 1 atom stereocenters. The second kappa shape index (κ2) is 12.3. The summed E-state index contributed by atoms with van der Waals surface area (Å²) in [6.07, 6.45) is 12.0. The van der Waals surface area contributed by atoms with Crippen LogP contribution >= 0.6 is 12.4 Å². The lowest BCUT2D eigenvalue weighted by molar-refractivity contribution is 0.316. The van der Waals surface area contributed by atoms with Crippen molar-refractivity contribution in [3.8, 4) is 0 Å². The van der Waals surface area contributed by atoms with Gasteiger partial charge in [-0.3, -0.25) is 0 Å². The van der Waals surface area contributed by atoms with E-state index in [0.717, 1.165) is 6.54 Å². The minimum absolute atomic E-state index is 0. The molecule has 0 spiro atoms. The first-order chi connectivity index (χ1) is 7.98. The normalized spacial score (nSPS) is 13.2. The Bertz CT molecular complexity index is 166. The molecule has 0 saturated carbocycles. The van der Waals surface area contributed by atoms with E-state index in [1.165, 1.54) is 57.8 Å². The lowest BCUT2D eigenvalue weighted by atomic mass is 9.86. The molecule has 0 rings (SSSR count). The van der Waals surface area contributed by atoms with Gasteiger partial charge in [-0.1, -0.05) is 51.9 Å². The molecule has 0 heterocycles. The van der Waals surface area contributed by atoms with Gasteiger partial charge in [0.2, 0.25) is 0 Å². The van der Waals surface area contributed by atoms with Crippen LogP contribution in [0.2, 0.25) is 0 Å². The minimum atomic E-state index is -0.0117. The van der Waals surface area contributed by atoms with Crippen molar-refractivity contribution < 1.29 is 0 Å². The van der Waals surface area contributed by atoms with Crippen LogP contribution in [0, 0.1) is 5.92 Å². The maximum atomic E-state index is 6.08. The van der Waals surface area contributed by atoms with Crippen LogP contribution in [0.1, 0.15) is 78.6 Å². The molecule has 0 saturated heterocycles. The highest BCUT2D eigenvalue weighted by Crippen LogP contribution is 2.20. The van der Waals surface area contributed by atoms with Gasteiger partial charge in [0.15, 0.2) is 0 Å². The third-order valence-corrected chi connectivity index (χ3v) is 3.86. The van der Waals surface area contributed by atoms with E-state index in [1.807, 2.05) is 0 Å². The van der Waals surface area contributed by atoms with Gasteiger partial charge in [0.1, 0.15) is 0 Å². The van der Waals surface area contributed by atoms with Gasteiger partial charge in [0, 0.05) is 5.54 Å². The van der Waals surface area contributed by atoms with Gasteiger partial charge in [-0.05, 0) is 39.2 Å². The fourth-order valence-electron chi connectivity index (χ4n) is 2.03. The highest BCUT2D eigenvalue weighted by atomic mass is 35.5. The molecule has 18 heavy (non-hydrogen) atoms. The van der Waals surface area contributed by atoms with Gasteiger partial charge < -0.3 is 11.5 Å². The van der Waals surface area contributed by atoms with Crippen molar-refractivity contribution in [2.45, 2.75) is 84.1 Å². The van der Waals surface area contributed by atoms with E-state index < -0.39 is 0 Å². The quantitative estimate of drug-likeness (QED) is 0.555. The molecule has 0 amide bonds. The average molecular weight is 279 g/mol. The molecule has 0 aromatic rings. The van der Waals surface area contributed by atoms with Crippen LogP contribution in [0.4, 0.5) is 0 Å². The third kappa shape index (κ3) is 12.7. The van der Waals surface area contributed by atoms with Crippen molar-refractivity contribution >= 4 is 12.4 Å². The zero-order valence-corrected chi connectivity index (χ0v) is 13.5. The Morgan fingerprint density at radius 1 is 0.833 bits per heavy atom. The standard InChI is InChI=1S/C15H34N2.ClH/c1-14(15(2,3)17)12-10-8-6-4-5-7-9-11-13-16;/h14H,4-13,16-17H2,1-3H3;1H. The van der Waals surface area contributed by atoms with Crippen LogP contribution < -0.4 is 11.5 Å². The van der Waals surface area contributed by atoms with Gasteiger partial charge in [0.05, 0.1) is 0 Å². The first kappa shape index (κ1) is 20.5. The van der Waals surface area contributed by atoms with Crippen molar-refractivity contribution in [1.82, 2.24) is 0 Å². The molecule has 112 valence electrons. The van der Waals surface area contributed by atoms with Crippen LogP contribution in [0.5, 0.6) is 0 Å². The van der Waals surface area contributed by atoms with Crippen LogP contribution in [0.3, 0.4) is 0 Å². The molecule has 0 aliphatic carbocycles. The largest absolute Gasteiger partial charge is 0.330 e. The smallest absolute Gasteiger partial charge is 0.0123 e. The molecule has 4 N–H and O–H groups in total. The molecule has 0 radical (unpaired) electrons. The monoisotopic (exact) mass is 278 g/mol. The lowest BCUT2D eigenvalue weighted by Gasteiger charge is -2.27. The van der Waals surface area contributed by atoms with Gasteiger partial charge in [-0.15, -0.1) is 12.4 Å². The van der Waals surface area contributed by atoms with E-state index in [4.69, 9.17) is 11.5 Å². The predicted octanol–water partition coefficient (Wildman–Crippen LogP) is 4.25. The second-order valence-electron chi connectivity index (χ2n) is 6.13. The number of unbranched alkanes of at least 4 members (excludes halogenated alkanes) is 7. The van der Waals surface area contributed by atoms with Crippen molar-refractivity contribution in [2.75, 3.05) is 6.54 Å². The Morgan fingerprint density at radius 2 is 1.22 bits per heavy atom. The van der Waals surface area contributed by atoms with E-state index in [9.17, 15) is 0 Å². The Morgan fingerprint density at radius 3 is 1.61 bits per heavy atom. The van der Waals surface area contributed by atoms with Crippen LogP contribution in [-0.4, -0.2) is 12.1 Å². The minimum Gasteiger partial charge on any atom is -0.330 e. The summed E-state index contributed by atoms with van der Waals surface area (Å²) in [5, 5.41) is 0. The van der Waals surface area contributed by atoms with E-state index in [2.05, 4.69) is 20.8 Å². The van der Waals surface area contributed by atoms with E-state index in [1.54, 1.807) is 0 Å². The third-order valence-electron chi connectivity index (χ3n) is 3.86. The topological polar surface area (TPSA) is 52.0 Å². The van der Waals surface area contributed by atoms with E-state index in [0.29, 0.717) is 5.92 Å². The van der Waals surface area contributed by atoms with Crippen LogP contribution in [-0.2, 0) is 0 Å². The molecule has 1 unspecified atom stereocenters. The van der Waals surface area contributed by atoms with Gasteiger partial charge in [0.25, 0.3) is 0 Å². The molecule has 0 aromatic heterocycles. The number of nitrogens with two attached hydrogens (primary N) is 2. The zero-order valence-electron chi connectivity index (χ0n) is 12.7. The van der Waals surface area contributed by atoms with Gasteiger partial charge in [-0.25, -0.2) is 0 Å². The maximum Gasteiger partial charge on any atom is 0.0123 e. The van der Waals surface area contributed by atoms with Crippen molar-refractivity contribution in [3.63, 3.8) is 0 Å². The van der Waals surface area contributed by atoms with Crippen LogP contribution in [0.15, 0.2) is 0 Å². The molecule has 0 aliphatic heterocycles. The Hall–Kier alpha value is 0.210. The van der Waals surface area contributed by atoms with Crippen molar-refractivity contribution in [3.05, 3.63) is 0 Å². The summed E-state index contributed by atoms with van der Waals surface area (Å²) >= 11 is 0. The molecule has 0 fully saturated rings. The average Bonchev–Trinajstić information content (AvgIpc) is 2.25. The molecular formula is C15H35ClN2. The lowest BCUT2D eigenvalue weighted by Crippen LogP contribution is -2.39. The SMILES string of the molecule is CC(CCCCCCCCCCN)C(C)(C)N.Cl.